The summed E-state index contributed by atoms with van der Waals surface area (Å²) in [4.78, 5) is 0. The van der Waals surface area contributed by atoms with Crippen LogP contribution in [-0.2, 0) is 6.42 Å². The van der Waals surface area contributed by atoms with Gasteiger partial charge in [-0.05, 0) is 53.9 Å². The minimum Gasteiger partial charge on any atom is -0.396 e. The third-order valence-electron chi connectivity index (χ3n) is 3.13. The van der Waals surface area contributed by atoms with Crippen LogP contribution in [0.1, 0.15) is 29.9 Å². The number of hydrogen-bond donors (Lipinski definition) is 1. The Hall–Kier alpha value is 0.01000. The molecule has 1 N–H and O–H groups in total. The fourth-order valence-electron chi connectivity index (χ4n) is 2.19. The molecular formula is C13H17BrOS. The molecule has 1 aromatic carbocycles. The number of rotatable bonds is 3. The van der Waals surface area contributed by atoms with Gasteiger partial charge in [-0.3, -0.25) is 0 Å². The molecule has 2 rings (SSSR count). The molecule has 1 heterocycles. The van der Waals surface area contributed by atoms with Gasteiger partial charge >= 0.3 is 0 Å². The van der Waals surface area contributed by atoms with E-state index < -0.39 is 0 Å². The van der Waals surface area contributed by atoms with Crippen LogP contribution in [0, 0.1) is 0 Å². The van der Waals surface area contributed by atoms with Gasteiger partial charge in [0.25, 0.3) is 0 Å². The summed E-state index contributed by atoms with van der Waals surface area (Å²) in [5.41, 5.74) is 2.66. The number of thioether (sulfide) groups is 1. The standard InChI is InChI=1S/C13H17BrOS/c14-13-9-10(3-6-15)1-2-12(13)11-4-7-16-8-5-11/h1-2,9,11,15H,3-8H2. The highest BCUT2D eigenvalue weighted by molar-refractivity contribution is 9.10. The van der Waals surface area contributed by atoms with Crippen LogP contribution >= 0.6 is 27.7 Å². The van der Waals surface area contributed by atoms with Crippen molar-refractivity contribution in [2.45, 2.75) is 25.2 Å². The molecule has 1 aliphatic heterocycles. The zero-order chi connectivity index (χ0) is 11.4. The van der Waals surface area contributed by atoms with E-state index in [-0.39, 0.29) is 6.61 Å². The number of aliphatic hydroxyl groups excluding tert-OH is 1. The lowest BCUT2D eigenvalue weighted by Gasteiger charge is -2.23. The van der Waals surface area contributed by atoms with Crippen LogP contribution in [0.3, 0.4) is 0 Å². The number of benzene rings is 1. The molecule has 0 radical (unpaired) electrons. The van der Waals surface area contributed by atoms with E-state index in [9.17, 15) is 0 Å². The Bertz CT molecular complexity index is 348. The van der Waals surface area contributed by atoms with E-state index in [0.717, 1.165) is 12.3 Å². The smallest absolute Gasteiger partial charge is 0.0471 e. The maximum Gasteiger partial charge on any atom is 0.0471 e. The Morgan fingerprint density at radius 1 is 1.31 bits per heavy atom. The number of hydrogen-bond acceptors (Lipinski definition) is 2. The second kappa shape index (κ2) is 6.08. The zero-order valence-corrected chi connectivity index (χ0v) is 11.7. The van der Waals surface area contributed by atoms with Crippen LogP contribution in [0.5, 0.6) is 0 Å². The minimum atomic E-state index is 0.228. The average molecular weight is 301 g/mol. The van der Waals surface area contributed by atoms with E-state index in [4.69, 9.17) is 5.11 Å². The molecule has 88 valence electrons. The highest BCUT2D eigenvalue weighted by Crippen LogP contribution is 2.35. The Morgan fingerprint density at radius 3 is 2.69 bits per heavy atom. The lowest BCUT2D eigenvalue weighted by Crippen LogP contribution is -2.08. The SMILES string of the molecule is OCCc1ccc(C2CCSCC2)c(Br)c1. The topological polar surface area (TPSA) is 20.2 Å². The Labute approximate surface area is 110 Å². The highest BCUT2D eigenvalue weighted by atomic mass is 79.9. The van der Waals surface area contributed by atoms with Gasteiger partial charge in [-0.1, -0.05) is 28.1 Å². The summed E-state index contributed by atoms with van der Waals surface area (Å²) in [6.07, 6.45) is 3.34. The summed E-state index contributed by atoms with van der Waals surface area (Å²) in [6.45, 7) is 0.228. The van der Waals surface area contributed by atoms with Crippen molar-refractivity contribution < 1.29 is 5.11 Å². The van der Waals surface area contributed by atoms with Gasteiger partial charge in [-0.2, -0.15) is 11.8 Å². The first-order valence-corrected chi connectivity index (χ1v) is 7.73. The molecule has 1 saturated heterocycles. The molecule has 3 heteroatoms. The third-order valence-corrected chi connectivity index (χ3v) is 4.86. The van der Waals surface area contributed by atoms with Gasteiger partial charge in [0.1, 0.15) is 0 Å². The largest absolute Gasteiger partial charge is 0.396 e. The van der Waals surface area contributed by atoms with E-state index >= 15 is 0 Å². The van der Waals surface area contributed by atoms with Crippen molar-refractivity contribution in [2.75, 3.05) is 18.1 Å². The van der Waals surface area contributed by atoms with E-state index in [2.05, 4.69) is 45.9 Å². The Balaban J connectivity index is 2.14. The van der Waals surface area contributed by atoms with Crippen LogP contribution in [0.25, 0.3) is 0 Å². The molecule has 1 nitrogen and oxygen atoms in total. The summed E-state index contributed by atoms with van der Waals surface area (Å²) < 4.78 is 1.22. The van der Waals surface area contributed by atoms with Gasteiger partial charge in [0.15, 0.2) is 0 Å². The van der Waals surface area contributed by atoms with Crippen molar-refractivity contribution in [3.05, 3.63) is 33.8 Å². The molecule has 0 unspecified atom stereocenters. The normalized spacial score (nSPS) is 17.6. The first-order chi connectivity index (χ1) is 7.81. The van der Waals surface area contributed by atoms with E-state index in [1.54, 1.807) is 0 Å². The van der Waals surface area contributed by atoms with Gasteiger partial charge in [-0.15, -0.1) is 0 Å². The first-order valence-electron chi connectivity index (χ1n) is 5.78. The molecule has 0 atom stereocenters. The highest BCUT2D eigenvalue weighted by Gasteiger charge is 2.17. The molecule has 0 amide bonds. The van der Waals surface area contributed by atoms with Gasteiger partial charge in [0, 0.05) is 11.1 Å². The molecule has 1 aromatic rings. The summed E-state index contributed by atoms with van der Waals surface area (Å²) in [6, 6.07) is 6.54. The number of halogens is 1. The molecular weight excluding hydrogens is 284 g/mol. The van der Waals surface area contributed by atoms with Crippen molar-refractivity contribution in [1.82, 2.24) is 0 Å². The number of aliphatic hydroxyl groups is 1. The van der Waals surface area contributed by atoms with Gasteiger partial charge < -0.3 is 5.11 Å². The van der Waals surface area contributed by atoms with Gasteiger partial charge in [0.05, 0.1) is 0 Å². The van der Waals surface area contributed by atoms with Crippen molar-refractivity contribution in [1.29, 1.82) is 0 Å². The molecule has 0 spiro atoms. The van der Waals surface area contributed by atoms with E-state index in [1.165, 1.54) is 39.9 Å². The monoisotopic (exact) mass is 300 g/mol. The summed E-state index contributed by atoms with van der Waals surface area (Å²) in [5.74, 6) is 3.30. The molecule has 16 heavy (non-hydrogen) atoms. The average Bonchev–Trinajstić information content (AvgIpc) is 2.31. The lowest BCUT2D eigenvalue weighted by molar-refractivity contribution is 0.299. The molecule has 0 saturated carbocycles. The van der Waals surface area contributed by atoms with Crippen molar-refractivity contribution >= 4 is 27.7 Å². The maximum absolute atomic E-state index is 8.91. The Morgan fingerprint density at radius 2 is 2.06 bits per heavy atom. The van der Waals surface area contributed by atoms with Crippen LogP contribution in [0.2, 0.25) is 0 Å². The zero-order valence-electron chi connectivity index (χ0n) is 9.29. The Kier molecular flexibility index (Phi) is 4.74. The van der Waals surface area contributed by atoms with Crippen molar-refractivity contribution in [3.8, 4) is 0 Å². The molecule has 1 fully saturated rings. The first kappa shape index (κ1) is 12.5. The quantitative estimate of drug-likeness (QED) is 0.920. The third kappa shape index (κ3) is 3.02. The van der Waals surface area contributed by atoms with Crippen LogP contribution in [0.15, 0.2) is 22.7 Å². The molecule has 1 aliphatic rings. The summed E-state index contributed by atoms with van der Waals surface area (Å²) in [7, 11) is 0. The summed E-state index contributed by atoms with van der Waals surface area (Å²) >= 11 is 5.73. The van der Waals surface area contributed by atoms with Crippen molar-refractivity contribution in [3.63, 3.8) is 0 Å². The van der Waals surface area contributed by atoms with Crippen LogP contribution in [0.4, 0.5) is 0 Å². The van der Waals surface area contributed by atoms with Crippen molar-refractivity contribution in [2.24, 2.45) is 0 Å². The van der Waals surface area contributed by atoms with E-state index in [1.807, 2.05) is 0 Å². The van der Waals surface area contributed by atoms with Gasteiger partial charge in [0.2, 0.25) is 0 Å². The van der Waals surface area contributed by atoms with Gasteiger partial charge in [-0.25, -0.2) is 0 Å². The second-order valence-corrected chi connectivity index (χ2v) is 6.30. The molecule has 0 bridgehead atoms. The fraction of sp³-hybridized carbons (Fsp3) is 0.538. The second-order valence-electron chi connectivity index (χ2n) is 4.22. The predicted octanol–water partition coefficient (Wildman–Crippen LogP) is 3.59. The minimum absolute atomic E-state index is 0.228. The maximum atomic E-state index is 8.91. The molecule has 0 aromatic heterocycles. The predicted molar refractivity (Wildman–Crippen MR) is 74.2 cm³/mol. The van der Waals surface area contributed by atoms with Crippen LogP contribution < -0.4 is 0 Å². The molecule has 0 aliphatic carbocycles. The fourth-order valence-corrected chi connectivity index (χ4v) is 4.05. The lowest BCUT2D eigenvalue weighted by atomic mass is 9.92. The summed E-state index contributed by atoms with van der Waals surface area (Å²) in [5, 5.41) is 8.91. The van der Waals surface area contributed by atoms with Crippen LogP contribution in [-0.4, -0.2) is 23.2 Å². The van der Waals surface area contributed by atoms with E-state index in [0.29, 0.717) is 0 Å².